The highest BCUT2D eigenvalue weighted by Crippen LogP contribution is 2.18. The molecule has 0 aliphatic rings. The number of aryl methyl sites for hydroxylation is 2. The van der Waals surface area contributed by atoms with Crippen LogP contribution in [0.4, 0.5) is 11.8 Å². The summed E-state index contributed by atoms with van der Waals surface area (Å²) in [5, 5.41) is 5.31. The standard InChI is InChI=1S/C21H20N4O3.C2H6/c1-13-4-8-15(9-5-13)19(26)22-17-12-18(28-3)24-21(23-17)25-20(27)16-10-6-14(2)7-11-16;1-2/h4-12H,1-3H3,(H2,22,23,24,25,26,27);1-2H3. The number of carbonyl (C=O) groups excluding carboxylic acids is 2. The summed E-state index contributed by atoms with van der Waals surface area (Å²) in [7, 11) is 1.44. The van der Waals surface area contributed by atoms with Crippen LogP contribution in [-0.4, -0.2) is 28.9 Å². The van der Waals surface area contributed by atoms with E-state index in [1.807, 2.05) is 52.0 Å². The van der Waals surface area contributed by atoms with Crippen LogP contribution < -0.4 is 15.4 Å². The lowest BCUT2D eigenvalue weighted by molar-refractivity contribution is 0.101. The Bertz CT molecular complexity index is 922. The molecule has 0 aliphatic carbocycles. The largest absolute Gasteiger partial charge is 0.481 e. The average Bonchev–Trinajstić information content (AvgIpc) is 2.75. The number of methoxy groups -OCH3 is 1. The number of amides is 2. The number of nitrogens with zero attached hydrogens (tertiary/aromatic N) is 2. The second kappa shape index (κ2) is 10.7. The van der Waals surface area contributed by atoms with Crippen LogP contribution in [0.5, 0.6) is 5.88 Å². The number of benzene rings is 2. The molecule has 2 N–H and O–H groups in total. The summed E-state index contributed by atoms with van der Waals surface area (Å²) in [6.07, 6.45) is 0. The predicted molar refractivity (Wildman–Crippen MR) is 118 cm³/mol. The molecular weight excluding hydrogens is 380 g/mol. The Morgan fingerprint density at radius 3 is 1.70 bits per heavy atom. The molecule has 0 saturated carbocycles. The van der Waals surface area contributed by atoms with Gasteiger partial charge < -0.3 is 10.1 Å². The Labute approximate surface area is 176 Å². The third-order valence-electron chi connectivity index (χ3n) is 4.01. The van der Waals surface area contributed by atoms with Crippen molar-refractivity contribution >= 4 is 23.6 Å². The molecule has 2 aromatic carbocycles. The number of nitrogens with one attached hydrogen (secondary N) is 2. The molecule has 0 radical (unpaired) electrons. The van der Waals surface area contributed by atoms with Crippen molar-refractivity contribution in [2.24, 2.45) is 0 Å². The molecular formula is C23H26N4O3. The van der Waals surface area contributed by atoms with Crippen LogP contribution in [0.3, 0.4) is 0 Å². The van der Waals surface area contributed by atoms with Crippen LogP contribution in [0.2, 0.25) is 0 Å². The first-order valence-electron chi connectivity index (χ1n) is 9.64. The first-order valence-corrected chi connectivity index (χ1v) is 9.64. The zero-order valence-electron chi connectivity index (χ0n) is 17.8. The van der Waals surface area contributed by atoms with Gasteiger partial charge in [-0.2, -0.15) is 9.97 Å². The van der Waals surface area contributed by atoms with Gasteiger partial charge in [0.2, 0.25) is 11.8 Å². The zero-order valence-corrected chi connectivity index (χ0v) is 17.8. The van der Waals surface area contributed by atoms with Gasteiger partial charge in [0.1, 0.15) is 5.82 Å². The van der Waals surface area contributed by atoms with Gasteiger partial charge in [-0.15, -0.1) is 0 Å². The van der Waals surface area contributed by atoms with Gasteiger partial charge in [-0.1, -0.05) is 49.2 Å². The fourth-order valence-electron chi connectivity index (χ4n) is 2.42. The molecule has 7 heteroatoms. The Balaban J connectivity index is 0.00000155. The van der Waals surface area contributed by atoms with Crippen LogP contribution in [0.25, 0.3) is 0 Å². The van der Waals surface area contributed by atoms with E-state index >= 15 is 0 Å². The van der Waals surface area contributed by atoms with E-state index in [1.54, 1.807) is 24.3 Å². The molecule has 3 rings (SSSR count). The van der Waals surface area contributed by atoms with E-state index in [4.69, 9.17) is 4.74 Å². The van der Waals surface area contributed by atoms with Crippen molar-refractivity contribution in [1.82, 2.24) is 9.97 Å². The average molecular weight is 406 g/mol. The van der Waals surface area contributed by atoms with Crippen molar-refractivity contribution < 1.29 is 14.3 Å². The van der Waals surface area contributed by atoms with Crippen LogP contribution in [-0.2, 0) is 0 Å². The van der Waals surface area contributed by atoms with E-state index in [-0.39, 0.29) is 29.5 Å². The predicted octanol–water partition coefficient (Wildman–Crippen LogP) is 4.63. The summed E-state index contributed by atoms with van der Waals surface area (Å²) in [5.74, 6) is -0.213. The first-order chi connectivity index (χ1) is 14.4. The van der Waals surface area contributed by atoms with Crippen molar-refractivity contribution in [3.05, 3.63) is 76.9 Å². The van der Waals surface area contributed by atoms with E-state index in [2.05, 4.69) is 20.6 Å². The Morgan fingerprint density at radius 2 is 1.23 bits per heavy atom. The number of carbonyl (C=O) groups is 2. The monoisotopic (exact) mass is 406 g/mol. The van der Waals surface area contributed by atoms with Crippen molar-refractivity contribution in [3.63, 3.8) is 0 Å². The summed E-state index contributed by atoms with van der Waals surface area (Å²) >= 11 is 0. The molecule has 2 amide bonds. The highest BCUT2D eigenvalue weighted by Gasteiger charge is 2.13. The van der Waals surface area contributed by atoms with Crippen molar-refractivity contribution in [2.75, 3.05) is 17.7 Å². The SMILES string of the molecule is CC.COc1cc(NC(=O)c2ccc(C)cc2)nc(NC(=O)c2ccc(C)cc2)n1. The van der Waals surface area contributed by atoms with E-state index in [1.165, 1.54) is 13.2 Å². The van der Waals surface area contributed by atoms with Crippen LogP contribution in [0, 0.1) is 13.8 Å². The van der Waals surface area contributed by atoms with Crippen molar-refractivity contribution in [2.45, 2.75) is 27.7 Å². The number of anilines is 2. The molecule has 0 bridgehead atoms. The molecule has 1 aromatic heterocycles. The molecule has 0 spiro atoms. The van der Waals surface area contributed by atoms with Gasteiger partial charge in [0, 0.05) is 17.2 Å². The minimum atomic E-state index is -0.357. The summed E-state index contributed by atoms with van der Waals surface area (Å²) in [5.41, 5.74) is 3.08. The third-order valence-corrected chi connectivity index (χ3v) is 4.01. The number of hydrogen-bond donors (Lipinski definition) is 2. The minimum absolute atomic E-state index is 0.0316. The molecule has 0 aliphatic heterocycles. The van der Waals surface area contributed by atoms with Gasteiger partial charge >= 0.3 is 0 Å². The lowest BCUT2D eigenvalue weighted by atomic mass is 10.1. The molecule has 1 heterocycles. The summed E-state index contributed by atoms with van der Waals surface area (Å²) in [6, 6.07) is 15.7. The molecule has 0 saturated heterocycles. The fourth-order valence-corrected chi connectivity index (χ4v) is 2.42. The lowest BCUT2D eigenvalue weighted by Gasteiger charge is -2.10. The Hall–Kier alpha value is -3.74. The normalized spacial score (nSPS) is 9.77. The number of ether oxygens (including phenoxy) is 1. The minimum Gasteiger partial charge on any atom is -0.481 e. The number of rotatable bonds is 5. The van der Waals surface area contributed by atoms with E-state index < -0.39 is 0 Å². The second-order valence-corrected chi connectivity index (χ2v) is 6.26. The summed E-state index contributed by atoms with van der Waals surface area (Å²) < 4.78 is 5.15. The van der Waals surface area contributed by atoms with Gasteiger partial charge in [0.15, 0.2) is 0 Å². The van der Waals surface area contributed by atoms with Crippen LogP contribution >= 0.6 is 0 Å². The van der Waals surface area contributed by atoms with E-state index in [9.17, 15) is 9.59 Å². The lowest BCUT2D eigenvalue weighted by Crippen LogP contribution is -2.17. The Kier molecular flexibility index (Phi) is 8.05. The molecule has 30 heavy (non-hydrogen) atoms. The second-order valence-electron chi connectivity index (χ2n) is 6.26. The maximum absolute atomic E-state index is 12.4. The van der Waals surface area contributed by atoms with E-state index in [0.717, 1.165) is 11.1 Å². The highest BCUT2D eigenvalue weighted by atomic mass is 16.5. The van der Waals surface area contributed by atoms with Gasteiger partial charge in [0.25, 0.3) is 11.8 Å². The smallest absolute Gasteiger partial charge is 0.258 e. The van der Waals surface area contributed by atoms with Gasteiger partial charge in [-0.25, -0.2) is 0 Å². The quantitative estimate of drug-likeness (QED) is 0.644. The topological polar surface area (TPSA) is 93.2 Å². The molecule has 156 valence electrons. The number of aromatic nitrogens is 2. The maximum Gasteiger partial charge on any atom is 0.258 e. The first kappa shape index (κ1) is 22.5. The molecule has 0 fully saturated rings. The number of hydrogen-bond acceptors (Lipinski definition) is 5. The Morgan fingerprint density at radius 1 is 0.767 bits per heavy atom. The summed E-state index contributed by atoms with van der Waals surface area (Å²) in [6.45, 7) is 7.88. The van der Waals surface area contributed by atoms with Gasteiger partial charge in [0.05, 0.1) is 7.11 Å². The van der Waals surface area contributed by atoms with Gasteiger partial charge in [-0.3, -0.25) is 14.9 Å². The zero-order chi connectivity index (χ0) is 22.1. The molecule has 0 unspecified atom stereocenters. The third kappa shape index (κ3) is 6.13. The fraction of sp³-hybridized carbons (Fsp3) is 0.217. The molecule has 0 atom stereocenters. The highest BCUT2D eigenvalue weighted by molar-refractivity contribution is 6.05. The van der Waals surface area contributed by atoms with Crippen molar-refractivity contribution in [3.8, 4) is 5.88 Å². The summed E-state index contributed by atoms with van der Waals surface area (Å²) in [4.78, 5) is 33.1. The molecule has 3 aromatic rings. The maximum atomic E-state index is 12.4. The van der Waals surface area contributed by atoms with E-state index in [0.29, 0.717) is 11.1 Å². The molecule has 7 nitrogen and oxygen atoms in total. The van der Waals surface area contributed by atoms with Crippen molar-refractivity contribution in [1.29, 1.82) is 0 Å². The van der Waals surface area contributed by atoms with Gasteiger partial charge in [-0.05, 0) is 38.1 Å². The van der Waals surface area contributed by atoms with Crippen LogP contribution in [0.15, 0.2) is 54.6 Å². The van der Waals surface area contributed by atoms with Crippen LogP contribution in [0.1, 0.15) is 45.7 Å².